The Morgan fingerprint density at radius 1 is 1.17 bits per heavy atom. The molecule has 4 atom stereocenters. The second kappa shape index (κ2) is 4.20. The summed E-state index contributed by atoms with van der Waals surface area (Å²) in [6, 6.07) is 6.12. The third kappa shape index (κ3) is 1.71. The normalized spacial score (nSPS) is 33.9. The smallest absolute Gasteiger partial charge is 0.167 e. The van der Waals surface area contributed by atoms with Gasteiger partial charge in [-0.15, -0.1) is 0 Å². The molecular weight excluding hydrogens is 222 g/mol. The highest BCUT2D eigenvalue weighted by Crippen LogP contribution is 2.48. The molecule has 4 unspecified atom stereocenters. The van der Waals surface area contributed by atoms with Crippen LogP contribution in [0.25, 0.3) is 0 Å². The molecule has 0 saturated heterocycles. The summed E-state index contributed by atoms with van der Waals surface area (Å²) >= 11 is 0. The van der Waals surface area contributed by atoms with Gasteiger partial charge in [-0.1, -0.05) is 12.1 Å². The van der Waals surface area contributed by atoms with E-state index in [9.17, 15) is 4.79 Å². The van der Waals surface area contributed by atoms with Crippen molar-refractivity contribution in [3.63, 3.8) is 0 Å². The number of rotatable bonds is 2. The molecule has 2 aliphatic carbocycles. The van der Waals surface area contributed by atoms with Crippen LogP contribution < -0.4 is 5.73 Å². The summed E-state index contributed by atoms with van der Waals surface area (Å²) in [4.78, 5) is 12.6. The van der Waals surface area contributed by atoms with Crippen LogP contribution in [-0.2, 0) is 0 Å². The van der Waals surface area contributed by atoms with Gasteiger partial charge in [-0.25, -0.2) is 0 Å². The number of fused-ring (bicyclic) bond motifs is 2. The van der Waals surface area contributed by atoms with E-state index >= 15 is 0 Å². The highest BCUT2D eigenvalue weighted by atomic mass is 16.1. The molecule has 3 rings (SSSR count). The van der Waals surface area contributed by atoms with E-state index in [1.807, 2.05) is 18.2 Å². The van der Waals surface area contributed by atoms with Gasteiger partial charge in [-0.05, 0) is 62.1 Å². The standard InChI is InChI=1S/C16H21NO/c1-9-3-4-13(7-10(9)2)16(18)14-11-5-6-12(8-11)15(14)17/h3-4,7,11-12,14-15H,5-6,8,17H2,1-2H3. The predicted octanol–water partition coefficient (Wildman–Crippen LogP) is 2.86. The Kier molecular flexibility index (Phi) is 2.78. The molecule has 1 aromatic carbocycles. The quantitative estimate of drug-likeness (QED) is 0.812. The van der Waals surface area contributed by atoms with Gasteiger partial charge in [0, 0.05) is 17.5 Å². The fourth-order valence-electron chi connectivity index (χ4n) is 3.81. The van der Waals surface area contributed by atoms with Crippen LogP contribution in [0.2, 0.25) is 0 Å². The SMILES string of the molecule is Cc1ccc(C(=O)C2C3CCC(C3)C2N)cc1C. The Morgan fingerprint density at radius 2 is 1.89 bits per heavy atom. The lowest BCUT2D eigenvalue weighted by atomic mass is 9.80. The van der Waals surface area contributed by atoms with E-state index in [1.54, 1.807) is 0 Å². The molecule has 0 heterocycles. The largest absolute Gasteiger partial charge is 0.327 e. The zero-order valence-electron chi connectivity index (χ0n) is 11.1. The number of aryl methyl sites for hydroxylation is 2. The van der Waals surface area contributed by atoms with Gasteiger partial charge in [-0.3, -0.25) is 4.79 Å². The van der Waals surface area contributed by atoms with Crippen molar-refractivity contribution >= 4 is 5.78 Å². The van der Waals surface area contributed by atoms with Gasteiger partial charge >= 0.3 is 0 Å². The third-order valence-electron chi connectivity index (χ3n) is 5.07. The van der Waals surface area contributed by atoms with Crippen molar-refractivity contribution < 1.29 is 4.79 Å². The van der Waals surface area contributed by atoms with E-state index in [4.69, 9.17) is 5.73 Å². The second-order valence-corrected chi connectivity index (χ2v) is 6.10. The van der Waals surface area contributed by atoms with Gasteiger partial charge in [0.1, 0.15) is 0 Å². The van der Waals surface area contributed by atoms with Gasteiger partial charge in [-0.2, -0.15) is 0 Å². The Balaban J connectivity index is 1.88. The first-order valence-corrected chi connectivity index (χ1v) is 6.95. The van der Waals surface area contributed by atoms with Crippen molar-refractivity contribution in [3.8, 4) is 0 Å². The summed E-state index contributed by atoms with van der Waals surface area (Å²) < 4.78 is 0. The van der Waals surface area contributed by atoms with E-state index in [0.717, 1.165) is 5.56 Å². The zero-order chi connectivity index (χ0) is 12.9. The monoisotopic (exact) mass is 243 g/mol. The number of benzene rings is 1. The number of carbonyl (C=O) groups is 1. The van der Waals surface area contributed by atoms with Gasteiger partial charge in [0.15, 0.2) is 5.78 Å². The molecule has 0 radical (unpaired) electrons. The van der Waals surface area contributed by atoms with Gasteiger partial charge in [0.2, 0.25) is 0 Å². The molecule has 2 saturated carbocycles. The van der Waals surface area contributed by atoms with Crippen LogP contribution >= 0.6 is 0 Å². The van der Waals surface area contributed by atoms with Crippen LogP contribution in [0, 0.1) is 31.6 Å². The van der Waals surface area contributed by atoms with Crippen molar-refractivity contribution in [2.24, 2.45) is 23.5 Å². The first kappa shape index (κ1) is 11.9. The molecular formula is C16H21NO. The van der Waals surface area contributed by atoms with Crippen molar-refractivity contribution in [3.05, 3.63) is 34.9 Å². The average molecular weight is 243 g/mol. The number of ketones is 1. The van der Waals surface area contributed by atoms with Crippen molar-refractivity contribution in [2.75, 3.05) is 0 Å². The number of Topliss-reactive ketones (excluding diaryl/α,β-unsaturated/α-hetero) is 1. The topological polar surface area (TPSA) is 43.1 Å². The fourth-order valence-corrected chi connectivity index (χ4v) is 3.81. The summed E-state index contributed by atoms with van der Waals surface area (Å²) in [5.74, 6) is 1.48. The summed E-state index contributed by atoms with van der Waals surface area (Å²) in [6.07, 6.45) is 3.59. The summed E-state index contributed by atoms with van der Waals surface area (Å²) in [7, 11) is 0. The fraction of sp³-hybridized carbons (Fsp3) is 0.562. The zero-order valence-corrected chi connectivity index (χ0v) is 11.1. The Labute approximate surface area is 109 Å². The predicted molar refractivity (Wildman–Crippen MR) is 72.5 cm³/mol. The maximum atomic E-state index is 12.6. The van der Waals surface area contributed by atoms with Crippen LogP contribution in [0.5, 0.6) is 0 Å². The van der Waals surface area contributed by atoms with Crippen LogP contribution in [0.3, 0.4) is 0 Å². The van der Waals surface area contributed by atoms with Gasteiger partial charge in [0.05, 0.1) is 0 Å². The highest BCUT2D eigenvalue weighted by Gasteiger charge is 2.48. The average Bonchev–Trinajstić information content (AvgIpc) is 2.92. The van der Waals surface area contributed by atoms with E-state index in [0.29, 0.717) is 11.8 Å². The third-order valence-corrected chi connectivity index (χ3v) is 5.07. The summed E-state index contributed by atoms with van der Waals surface area (Å²) in [5, 5.41) is 0. The number of hydrogen-bond acceptors (Lipinski definition) is 2. The first-order chi connectivity index (χ1) is 8.58. The molecule has 0 amide bonds. The molecule has 0 spiro atoms. The summed E-state index contributed by atoms with van der Waals surface area (Å²) in [5.41, 5.74) is 9.53. The van der Waals surface area contributed by atoms with Gasteiger partial charge in [0.25, 0.3) is 0 Å². The molecule has 2 heteroatoms. The minimum Gasteiger partial charge on any atom is -0.327 e. The molecule has 2 nitrogen and oxygen atoms in total. The minimum atomic E-state index is 0.0749. The Morgan fingerprint density at radius 3 is 2.50 bits per heavy atom. The van der Waals surface area contributed by atoms with E-state index in [2.05, 4.69) is 13.8 Å². The maximum Gasteiger partial charge on any atom is 0.167 e. The molecule has 0 aliphatic heterocycles. The van der Waals surface area contributed by atoms with Crippen molar-refractivity contribution in [1.29, 1.82) is 0 Å². The molecule has 0 aromatic heterocycles. The first-order valence-electron chi connectivity index (χ1n) is 6.95. The lowest BCUT2D eigenvalue weighted by Crippen LogP contribution is -2.40. The van der Waals surface area contributed by atoms with E-state index in [1.165, 1.54) is 30.4 Å². The molecule has 18 heavy (non-hydrogen) atoms. The number of carbonyl (C=O) groups excluding carboxylic acids is 1. The van der Waals surface area contributed by atoms with Crippen LogP contribution in [0.4, 0.5) is 0 Å². The minimum absolute atomic E-state index is 0.0749. The summed E-state index contributed by atoms with van der Waals surface area (Å²) in [6.45, 7) is 4.14. The molecule has 2 bridgehead atoms. The Bertz CT molecular complexity index is 492. The second-order valence-electron chi connectivity index (χ2n) is 6.10. The molecule has 1 aromatic rings. The molecule has 2 N–H and O–H groups in total. The highest BCUT2D eigenvalue weighted by molar-refractivity contribution is 5.99. The van der Waals surface area contributed by atoms with Crippen LogP contribution in [0.1, 0.15) is 40.7 Å². The van der Waals surface area contributed by atoms with Crippen LogP contribution in [0.15, 0.2) is 18.2 Å². The molecule has 96 valence electrons. The number of hydrogen-bond donors (Lipinski definition) is 1. The molecule has 2 aliphatic rings. The maximum absolute atomic E-state index is 12.6. The van der Waals surface area contributed by atoms with Crippen LogP contribution in [-0.4, -0.2) is 11.8 Å². The van der Waals surface area contributed by atoms with Crippen molar-refractivity contribution in [1.82, 2.24) is 0 Å². The van der Waals surface area contributed by atoms with Gasteiger partial charge < -0.3 is 5.73 Å². The number of nitrogens with two attached hydrogens (primary N) is 1. The van der Waals surface area contributed by atoms with Crippen molar-refractivity contribution in [2.45, 2.75) is 39.2 Å². The molecule has 2 fully saturated rings. The van der Waals surface area contributed by atoms with E-state index in [-0.39, 0.29) is 17.7 Å². The lowest BCUT2D eigenvalue weighted by Gasteiger charge is -2.27. The lowest BCUT2D eigenvalue weighted by molar-refractivity contribution is 0.0856. The van der Waals surface area contributed by atoms with E-state index < -0.39 is 0 Å². The Hall–Kier alpha value is -1.15.